The predicted octanol–water partition coefficient (Wildman–Crippen LogP) is 1.68. The van der Waals surface area contributed by atoms with E-state index >= 15 is 0 Å². The van der Waals surface area contributed by atoms with E-state index in [1.807, 2.05) is 47.5 Å². The summed E-state index contributed by atoms with van der Waals surface area (Å²) in [6.07, 6.45) is 1.81. The first-order chi connectivity index (χ1) is 13.8. The van der Waals surface area contributed by atoms with E-state index in [1.54, 1.807) is 0 Å². The minimum Gasteiger partial charge on any atom is -0.378 e. The molecule has 0 bridgehead atoms. The van der Waals surface area contributed by atoms with Crippen LogP contribution in [0.3, 0.4) is 0 Å². The third-order valence-electron chi connectivity index (χ3n) is 5.29. The topological polar surface area (TPSA) is 60.9 Å². The maximum atomic E-state index is 12.7. The third-order valence-corrected chi connectivity index (χ3v) is 5.29. The number of aromatic nitrogens is 1. The molecule has 2 aliphatic heterocycles. The molecule has 7 nitrogen and oxygen atoms in total. The van der Waals surface area contributed by atoms with Crippen molar-refractivity contribution in [2.24, 2.45) is 0 Å². The van der Waals surface area contributed by atoms with E-state index in [4.69, 9.17) is 4.74 Å². The molecule has 2 aliphatic rings. The Balaban J connectivity index is 1.31. The van der Waals surface area contributed by atoms with Gasteiger partial charge in [-0.25, -0.2) is 4.98 Å². The molecule has 1 aromatic heterocycles. The van der Waals surface area contributed by atoms with E-state index in [-0.39, 0.29) is 5.91 Å². The lowest BCUT2D eigenvalue weighted by Gasteiger charge is -2.35. The lowest BCUT2D eigenvalue weighted by Crippen LogP contribution is -2.50. The second-order valence-electron chi connectivity index (χ2n) is 7.03. The van der Waals surface area contributed by atoms with Gasteiger partial charge in [0.05, 0.1) is 31.1 Å². The van der Waals surface area contributed by atoms with E-state index in [1.165, 1.54) is 0 Å². The average molecular weight is 381 g/mol. The highest BCUT2D eigenvalue weighted by atomic mass is 16.5. The lowest BCUT2D eigenvalue weighted by atomic mass is 10.2. The average Bonchev–Trinajstić information content (AvgIpc) is 2.79. The number of pyridine rings is 1. The van der Waals surface area contributed by atoms with Crippen LogP contribution in [0.5, 0.6) is 0 Å². The molecule has 7 heteroatoms. The molecule has 2 fully saturated rings. The molecule has 1 N–H and O–H groups in total. The molecule has 1 aromatic carbocycles. The van der Waals surface area contributed by atoms with Crippen LogP contribution in [-0.4, -0.2) is 74.8 Å². The number of benzene rings is 1. The molecule has 0 radical (unpaired) electrons. The molecule has 0 spiro atoms. The zero-order chi connectivity index (χ0) is 19.2. The van der Waals surface area contributed by atoms with Gasteiger partial charge in [0.25, 0.3) is 0 Å². The summed E-state index contributed by atoms with van der Waals surface area (Å²) in [5.74, 6) is 1.12. The van der Waals surface area contributed by atoms with Crippen molar-refractivity contribution in [1.82, 2.24) is 9.88 Å². The summed E-state index contributed by atoms with van der Waals surface area (Å²) in [7, 11) is 0. The fourth-order valence-corrected chi connectivity index (χ4v) is 3.71. The molecule has 148 valence electrons. The number of anilines is 3. The fraction of sp³-hybridized carbons (Fsp3) is 0.429. The summed E-state index contributed by atoms with van der Waals surface area (Å²) in [5.41, 5.74) is 2.14. The van der Waals surface area contributed by atoms with Crippen LogP contribution in [0, 0.1) is 0 Å². The largest absolute Gasteiger partial charge is 0.378 e. The number of para-hydroxylation sites is 2. The molecule has 1 amide bonds. The number of hydrogen-bond donors (Lipinski definition) is 1. The predicted molar refractivity (Wildman–Crippen MR) is 111 cm³/mol. The van der Waals surface area contributed by atoms with Crippen molar-refractivity contribution in [3.63, 3.8) is 0 Å². The van der Waals surface area contributed by atoms with Gasteiger partial charge >= 0.3 is 0 Å². The van der Waals surface area contributed by atoms with Gasteiger partial charge in [0, 0.05) is 45.5 Å². The summed E-state index contributed by atoms with van der Waals surface area (Å²) in [6.45, 7) is 6.63. The van der Waals surface area contributed by atoms with Gasteiger partial charge in [0.15, 0.2) is 0 Å². The maximum absolute atomic E-state index is 12.7. The lowest BCUT2D eigenvalue weighted by molar-refractivity contribution is -0.129. The quantitative estimate of drug-likeness (QED) is 0.850. The molecular formula is C21H27N5O2. The Bertz CT molecular complexity index is 771. The van der Waals surface area contributed by atoms with Crippen LogP contribution < -0.4 is 15.1 Å². The van der Waals surface area contributed by atoms with Crippen LogP contribution in [0.4, 0.5) is 17.2 Å². The van der Waals surface area contributed by atoms with E-state index in [0.29, 0.717) is 6.54 Å². The molecular weight excluding hydrogens is 354 g/mol. The smallest absolute Gasteiger partial charge is 0.241 e. The molecule has 0 aliphatic carbocycles. The fourth-order valence-electron chi connectivity index (χ4n) is 3.71. The number of morpholine rings is 1. The van der Waals surface area contributed by atoms with Crippen molar-refractivity contribution in [2.45, 2.75) is 0 Å². The summed E-state index contributed by atoms with van der Waals surface area (Å²) in [4.78, 5) is 23.6. The van der Waals surface area contributed by atoms with Crippen molar-refractivity contribution >= 4 is 23.1 Å². The van der Waals surface area contributed by atoms with Gasteiger partial charge in [-0.05, 0) is 24.3 Å². The zero-order valence-electron chi connectivity index (χ0n) is 16.1. The minimum absolute atomic E-state index is 0.137. The molecule has 3 heterocycles. The van der Waals surface area contributed by atoms with Crippen LogP contribution in [-0.2, 0) is 9.53 Å². The SMILES string of the molecule is O=C(CNc1ccccc1N1CCOCC1)N1CCN(c2ccccn2)CC1. The first kappa shape index (κ1) is 18.6. The number of hydrogen-bond acceptors (Lipinski definition) is 6. The number of amides is 1. The molecule has 0 unspecified atom stereocenters. The van der Waals surface area contributed by atoms with Crippen LogP contribution in [0.1, 0.15) is 0 Å². The summed E-state index contributed by atoms with van der Waals surface area (Å²) in [5, 5.41) is 3.35. The van der Waals surface area contributed by atoms with Gasteiger partial charge in [-0.2, -0.15) is 0 Å². The Morgan fingerprint density at radius 3 is 2.43 bits per heavy atom. The van der Waals surface area contributed by atoms with Gasteiger partial charge in [0.1, 0.15) is 5.82 Å². The number of carbonyl (C=O) groups is 1. The van der Waals surface area contributed by atoms with E-state index in [0.717, 1.165) is 69.7 Å². The molecule has 2 aromatic rings. The van der Waals surface area contributed by atoms with Gasteiger partial charge in [-0.3, -0.25) is 4.79 Å². The molecule has 4 rings (SSSR count). The van der Waals surface area contributed by atoms with Gasteiger partial charge in [0.2, 0.25) is 5.91 Å². The van der Waals surface area contributed by atoms with Crippen LogP contribution in [0.15, 0.2) is 48.7 Å². The Hall–Kier alpha value is -2.80. The molecule has 0 saturated carbocycles. The highest BCUT2D eigenvalue weighted by molar-refractivity contribution is 5.83. The second-order valence-corrected chi connectivity index (χ2v) is 7.03. The van der Waals surface area contributed by atoms with Crippen molar-refractivity contribution in [1.29, 1.82) is 0 Å². The monoisotopic (exact) mass is 381 g/mol. The van der Waals surface area contributed by atoms with Crippen LogP contribution >= 0.6 is 0 Å². The molecule has 28 heavy (non-hydrogen) atoms. The van der Waals surface area contributed by atoms with Crippen LogP contribution in [0.2, 0.25) is 0 Å². The number of nitrogens with zero attached hydrogens (tertiary/aromatic N) is 4. The van der Waals surface area contributed by atoms with Gasteiger partial charge in [-0.15, -0.1) is 0 Å². The first-order valence-corrected chi connectivity index (χ1v) is 9.90. The van der Waals surface area contributed by atoms with Crippen LogP contribution in [0.25, 0.3) is 0 Å². The Morgan fingerprint density at radius 2 is 1.68 bits per heavy atom. The summed E-state index contributed by atoms with van der Waals surface area (Å²) >= 11 is 0. The van der Waals surface area contributed by atoms with Crippen molar-refractivity contribution in [3.8, 4) is 0 Å². The Kier molecular flexibility index (Phi) is 5.92. The third kappa shape index (κ3) is 4.36. The number of ether oxygens (including phenoxy) is 1. The maximum Gasteiger partial charge on any atom is 0.241 e. The summed E-state index contributed by atoms with van der Waals surface area (Å²) < 4.78 is 5.45. The molecule has 0 atom stereocenters. The van der Waals surface area contributed by atoms with Gasteiger partial charge < -0.3 is 24.8 Å². The second kappa shape index (κ2) is 8.93. The first-order valence-electron chi connectivity index (χ1n) is 9.90. The minimum atomic E-state index is 0.137. The van der Waals surface area contributed by atoms with Crippen molar-refractivity contribution < 1.29 is 9.53 Å². The standard InChI is InChI=1S/C21H27N5O2/c27-21(26-11-9-25(10-12-26)20-7-3-4-8-22-20)17-23-18-5-1-2-6-19(18)24-13-15-28-16-14-24/h1-8,23H,9-17H2. The number of piperazine rings is 1. The van der Waals surface area contributed by atoms with E-state index in [2.05, 4.69) is 26.2 Å². The highest BCUT2D eigenvalue weighted by Gasteiger charge is 2.22. The number of carbonyl (C=O) groups excluding carboxylic acids is 1. The zero-order valence-corrected chi connectivity index (χ0v) is 16.1. The van der Waals surface area contributed by atoms with Gasteiger partial charge in [-0.1, -0.05) is 18.2 Å². The summed E-state index contributed by atoms with van der Waals surface area (Å²) in [6, 6.07) is 14.1. The highest BCUT2D eigenvalue weighted by Crippen LogP contribution is 2.26. The Labute approximate surface area is 165 Å². The van der Waals surface area contributed by atoms with Crippen molar-refractivity contribution in [2.75, 3.05) is 74.1 Å². The van der Waals surface area contributed by atoms with Crippen molar-refractivity contribution in [3.05, 3.63) is 48.7 Å². The molecule has 2 saturated heterocycles. The van der Waals surface area contributed by atoms with E-state index < -0.39 is 0 Å². The number of rotatable bonds is 5. The number of nitrogens with one attached hydrogen (secondary N) is 1. The normalized spacial score (nSPS) is 17.5. The van der Waals surface area contributed by atoms with E-state index in [9.17, 15) is 4.79 Å². The Morgan fingerprint density at radius 1 is 0.929 bits per heavy atom.